The predicted octanol–water partition coefficient (Wildman–Crippen LogP) is 0.535. The van der Waals surface area contributed by atoms with Gasteiger partial charge in [0, 0.05) is 38.8 Å². The minimum absolute atomic E-state index is 0.0593. The van der Waals surface area contributed by atoms with Crippen molar-refractivity contribution in [3.63, 3.8) is 0 Å². The summed E-state index contributed by atoms with van der Waals surface area (Å²) in [6, 6.07) is 8.17. The lowest BCUT2D eigenvalue weighted by atomic mass is 10.2. The number of ether oxygens (including phenoxy) is 1. The molecule has 1 fully saturated rings. The molecule has 0 saturated carbocycles. The van der Waals surface area contributed by atoms with Crippen LogP contribution in [0.5, 0.6) is 5.75 Å². The van der Waals surface area contributed by atoms with Crippen LogP contribution in [-0.2, 0) is 16.1 Å². The van der Waals surface area contributed by atoms with Crippen molar-refractivity contribution in [2.45, 2.75) is 26.4 Å². The third-order valence-corrected chi connectivity index (χ3v) is 4.72. The van der Waals surface area contributed by atoms with Crippen LogP contribution in [0.3, 0.4) is 0 Å². The molecule has 1 aromatic rings. The number of piperazine rings is 1. The summed E-state index contributed by atoms with van der Waals surface area (Å²) in [5.41, 5.74) is 6.51. The summed E-state index contributed by atoms with van der Waals surface area (Å²) in [4.78, 5) is 29.7. The maximum absolute atomic E-state index is 12.5. The third-order valence-electron chi connectivity index (χ3n) is 4.72. The zero-order valence-electron chi connectivity index (χ0n) is 16.0. The van der Waals surface area contributed by atoms with Crippen molar-refractivity contribution >= 4 is 11.8 Å². The molecule has 0 spiro atoms. The van der Waals surface area contributed by atoms with Crippen LogP contribution >= 0.6 is 0 Å². The van der Waals surface area contributed by atoms with E-state index in [1.807, 2.05) is 35.8 Å². The Bertz CT molecular complexity index is 595. The number of benzene rings is 1. The highest BCUT2D eigenvalue weighted by atomic mass is 16.5. The molecule has 7 nitrogen and oxygen atoms in total. The Labute approximate surface area is 155 Å². The second kappa shape index (κ2) is 9.54. The SMILES string of the molecule is COc1ccc(CN2CCN(C(=O)CN(CC(N)=O)C(C)C)CC2)cc1. The number of carbonyl (C=O) groups excluding carboxylic acids is 2. The van der Waals surface area contributed by atoms with Crippen molar-refractivity contribution in [1.29, 1.82) is 0 Å². The zero-order valence-corrected chi connectivity index (χ0v) is 16.0. The van der Waals surface area contributed by atoms with Gasteiger partial charge in [-0.25, -0.2) is 0 Å². The molecule has 2 amide bonds. The largest absolute Gasteiger partial charge is 0.497 e. The molecule has 0 aliphatic carbocycles. The fraction of sp³-hybridized carbons (Fsp3) is 0.579. The number of primary amides is 1. The fourth-order valence-electron chi connectivity index (χ4n) is 3.04. The first kappa shape index (κ1) is 20.2. The molecular weight excluding hydrogens is 332 g/mol. The van der Waals surface area contributed by atoms with Gasteiger partial charge in [0.05, 0.1) is 20.2 Å². The van der Waals surface area contributed by atoms with E-state index < -0.39 is 5.91 Å². The first-order valence-corrected chi connectivity index (χ1v) is 9.04. The first-order valence-electron chi connectivity index (χ1n) is 9.04. The van der Waals surface area contributed by atoms with E-state index in [0.29, 0.717) is 13.1 Å². The quantitative estimate of drug-likeness (QED) is 0.730. The van der Waals surface area contributed by atoms with Crippen molar-refractivity contribution in [2.24, 2.45) is 5.73 Å². The number of hydrogen-bond acceptors (Lipinski definition) is 5. The molecule has 1 heterocycles. The first-order chi connectivity index (χ1) is 12.4. The average molecular weight is 362 g/mol. The van der Waals surface area contributed by atoms with Gasteiger partial charge >= 0.3 is 0 Å². The lowest BCUT2D eigenvalue weighted by Gasteiger charge is -2.36. The molecular formula is C19H30N4O3. The van der Waals surface area contributed by atoms with E-state index in [2.05, 4.69) is 17.0 Å². The topological polar surface area (TPSA) is 79.1 Å². The summed E-state index contributed by atoms with van der Waals surface area (Å²) in [5.74, 6) is 0.509. The number of hydrogen-bond donors (Lipinski definition) is 1. The summed E-state index contributed by atoms with van der Waals surface area (Å²) in [6.07, 6.45) is 0. The minimum atomic E-state index is -0.407. The van der Waals surface area contributed by atoms with Crippen LogP contribution in [-0.4, -0.2) is 78.9 Å². The molecule has 1 saturated heterocycles. The summed E-state index contributed by atoms with van der Waals surface area (Å²) in [5, 5.41) is 0. The maximum atomic E-state index is 12.5. The lowest BCUT2D eigenvalue weighted by Crippen LogP contribution is -2.52. The van der Waals surface area contributed by atoms with Crippen molar-refractivity contribution in [2.75, 3.05) is 46.4 Å². The second-order valence-electron chi connectivity index (χ2n) is 6.97. The smallest absolute Gasteiger partial charge is 0.236 e. The molecule has 1 aromatic carbocycles. The van der Waals surface area contributed by atoms with Crippen molar-refractivity contribution < 1.29 is 14.3 Å². The van der Waals surface area contributed by atoms with Gasteiger partial charge in [-0.2, -0.15) is 0 Å². The monoisotopic (exact) mass is 362 g/mol. The van der Waals surface area contributed by atoms with Gasteiger partial charge in [-0.05, 0) is 31.5 Å². The predicted molar refractivity (Wildman–Crippen MR) is 101 cm³/mol. The van der Waals surface area contributed by atoms with Crippen LogP contribution < -0.4 is 10.5 Å². The number of nitrogens with zero attached hydrogens (tertiary/aromatic N) is 3. The Kier molecular flexibility index (Phi) is 7.41. The lowest BCUT2D eigenvalue weighted by molar-refractivity contribution is -0.135. The van der Waals surface area contributed by atoms with Gasteiger partial charge in [0.25, 0.3) is 0 Å². The number of rotatable bonds is 8. The Morgan fingerprint density at radius 2 is 1.73 bits per heavy atom. The van der Waals surface area contributed by atoms with Gasteiger partial charge in [0.1, 0.15) is 5.75 Å². The molecule has 0 aromatic heterocycles. The maximum Gasteiger partial charge on any atom is 0.236 e. The summed E-state index contributed by atoms with van der Waals surface area (Å²) in [7, 11) is 1.66. The van der Waals surface area contributed by atoms with Gasteiger partial charge in [-0.1, -0.05) is 12.1 Å². The molecule has 2 N–H and O–H groups in total. The number of amides is 2. The zero-order chi connectivity index (χ0) is 19.1. The molecule has 26 heavy (non-hydrogen) atoms. The Balaban J connectivity index is 1.80. The van der Waals surface area contributed by atoms with E-state index in [1.54, 1.807) is 7.11 Å². The molecule has 1 aliphatic heterocycles. The van der Waals surface area contributed by atoms with Crippen molar-refractivity contribution in [1.82, 2.24) is 14.7 Å². The van der Waals surface area contributed by atoms with Gasteiger partial charge in [-0.3, -0.25) is 19.4 Å². The normalized spacial score (nSPS) is 15.5. The van der Waals surface area contributed by atoms with Crippen LogP contribution in [0.1, 0.15) is 19.4 Å². The van der Waals surface area contributed by atoms with Crippen molar-refractivity contribution in [3.05, 3.63) is 29.8 Å². The van der Waals surface area contributed by atoms with Gasteiger partial charge in [0.15, 0.2) is 0 Å². The van der Waals surface area contributed by atoms with Crippen LogP contribution in [0, 0.1) is 0 Å². The summed E-state index contributed by atoms with van der Waals surface area (Å²) < 4.78 is 5.18. The molecule has 0 radical (unpaired) electrons. The van der Waals surface area contributed by atoms with Gasteiger partial charge in [0.2, 0.25) is 11.8 Å². The Morgan fingerprint density at radius 1 is 1.12 bits per heavy atom. The van der Waals surface area contributed by atoms with E-state index in [9.17, 15) is 9.59 Å². The van der Waals surface area contributed by atoms with Crippen LogP contribution in [0.4, 0.5) is 0 Å². The van der Waals surface area contributed by atoms with E-state index in [-0.39, 0.29) is 25.0 Å². The fourth-order valence-corrected chi connectivity index (χ4v) is 3.04. The van der Waals surface area contributed by atoms with Gasteiger partial charge < -0.3 is 15.4 Å². The van der Waals surface area contributed by atoms with E-state index in [0.717, 1.165) is 25.4 Å². The average Bonchev–Trinajstić information content (AvgIpc) is 2.62. The second-order valence-corrected chi connectivity index (χ2v) is 6.97. The highest BCUT2D eigenvalue weighted by molar-refractivity contribution is 5.80. The molecule has 7 heteroatoms. The van der Waals surface area contributed by atoms with Crippen LogP contribution in [0.25, 0.3) is 0 Å². The third kappa shape index (κ3) is 6.00. The Hall–Kier alpha value is -2.12. The van der Waals surface area contributed by atoms with Crippen LogP contribution in [0.15, 0.2) is 24.3 Å². The summed E-state index contributed by atoms with van der Waals surface area (Å²) in [6.45, 7) is 8.23. The number of methoxy groups -OCH3 is 1. The van der Waals surface area contributed by atoms with E-state index in [4.69, 9.17) is 10.5 Å². The highest BCUT2D eigenvalue weighted by Crippen LogP contribution is 2.14. The number of carbonyl (C=O) groups is 2. The Morgan fingerprint density at radius 3 is 2.23 bits per heavy atom. The molecule has 0 atom stereocenters. The van der Waals surface area contributed by atoms with Crippen molar-refractivity contribution in [3.8, 4) is 5.75 Å². The molecule has 0 bridgehead atoms. The van der Waals surface area contributed by atoms with Crippen LogP contribution in [0.2, 0.25) is 0 Å². The van der Waals surface area contributed by atoms with E-state index in [1.165, 1.54) is 5.56 Å². The molecule has 144 valence electrons. The van der Waals surface area contributed by atoms with E-state index >= 15 is 0 Å². The molecule has 2 rings (SSSR count). The minimum Gasteiger partial charge on any atom is -0.497 e. The highest BCUT2D eigenvalue weighted by Gasteiger charge is 2.24. The number of nitrogens with two attached hydrogens (primary N) is 1. The van der Waals surface area contributed by atoms with Gasteiger partial charge in [-0.15, -0.1) is 0 Å². The standard InChI is InChI=1S/C19H30N4O3/c1-15(2)23(13-18(20)24)14-19(25)22-10-8-21(9-11-22)12-16-4-6-17(26-3)7-5-16/h4-7,15H,8-14H2,1-3H3,(H2,20,24). The molecule has 1 aliphatic rings. The molecule has 0 unspecified atom stereocenters. The summed E-state index contributed by atoms with van der Waals surface area (Å²) >= 11 is 0.